The fraction of sp³-hybridized carbons (Fsp3) is 0. The Balaban J connectivity index is 1.11. The molecule has 0 spiro atoms. The first-order chi connectivity index (χ1) is 24.2. The van der Waals surface area contributed by atoms with Crippen molar-refractivity contribution in [3.63, 3.8) is 0 Å². The third-order valence-electron chi connectivity index (χ3n) is 8.95. The summed E-state index contributed by atoms with van der Waals surface area (Å²) in [5.74, 6) is 1.84. The summed E-state index contributed by atoms with van der Waals surface area (Å²) in [6.07, 6.45) is 0. The lowest BCUT2D eigenvalue weighted by Crippen LogP contribution is -2.00. The molecular weight excluding hydrogens is 599 g/mol. The number of hydrogen-bond acceptors (Lipinski definition) is 4. The average molecular weight is 628 g/mol. The first kappa shape index (κ1) is 28.6. The van der Waals surface area contributed by atoms with Crippen molar-refractivity contribution >= 4 is 21.9 Å². The van der Waals surface area contributed by atoms with Crippen LogP contribution in [0.3, 0.4) is 0 Å². The van der Waals surface area contributed by atoms with Gasteiger partial charge < -0.3 is 4.42 Å². The van der Waals surface area contributed by atoms with Crippen LogP contribution < -0.4 is 0 Å². The standard InChI is InChI=1S/C45H29N3O/c1-4-11-30(12-5-1)32-19-21-34(22-20-32)44-46-43(33-15-8-3-9-16-33)47-45(48-44)38-23-25-39-40-28-37(24-26-41(40)49-42(39)29-38)36-18-10-17-35(27-36)31-13-6-2-7-14-31/h1-29H. The van der Waals surface area contributed by atoms with Crippen LogP contribution in [0, 0.1) is 0 Å². The summed E-state index contributed by atoms with van der Waals surface area (Å²) in [5, 5.41) is 2.12. The molecule has 230 valence electrons. The van der Waals surface area contributed by atoms with E-state index in [-0.39, 0.29) is 0 Å². The molecule has 0 aliphatic carbocycles. The largest absolute Gasteiger partial charge is 0.456 e. The number of rotatable bonds is 6. The molecule has 0 N–H and O–H groups in total. The molecule has 0 amide bonds. The molecule has 9 aromatic rings. The van der Waals surface area contributed by atoms with Crippen molar-refractivity contribution in [1.82, 2.24) is 15.0 Å². The number of benzene rings is 7. The third kappa shape index (κ3) is 5.56. The van der Waals surface area contributed by atoms with Gasteiger partial charge in [-0.05, 0) is 63.7 Å². The van der Waals surface area contributed by atoms with Gasteiger partial charge in [0.2, 0.25) is 0 Å². The summed E-state index contributed by atoms with van der Waals surface area (Å²) in [6, 6.07) is 60.6. The smallest absolute Gasteiger partial charge is 0.164 e. The molecule has 0 bridgehead atoms. The highest BCUT2D eigenvalue weighted by Crippen LogP contribution is 2.36. The summed E-state index contributed by atoms with van der Waals surface area (Å²) in [4.78, 5) is 14.9. The van der Waals surface area contributed by atoms with E-state index in [1.807, 2.05) is 48.5 Å². The minimum absolute atomic E-state index is 0.594. The van der Waals surface area contributed by atoms with Crippen LogP contribution in [0.5, 0.6) is 0 Å². The van der Waals surface area contributed by atoms with Gasteiger partial charge in [-0.15, -0.1) is 0 Å². The van der Waals surface area contributed by atoms with Gasteiger partial charge in [-0.25, -0.2) is 15.0 Å². The average Bonchev–Trinajstić information content (AvgIpc) is 3.56. The zero-order valence-electron chi connectivity index (χ0n) is 26.5. The predicted molar refractivity (Wildman–Crippen MR) is 200 cm³/mol. The van der Waals surface area contributed by atoms with Crippen molar-refractivity contribution in [2.45, 2.75) is 0 Å². The highest BCUT2D eigenvalue weighted by molar-refractivity contribution is 6.07. The molecule has 7 aromatic carbocycles. The van der Waals surface area contributed by atoms with E-state index in [1.165, 1.54) is 16.7 Å². The molecule has 4 heteroatoms. The van der Waals surface area contributed by atoms with E-state index >= 15 is 0 Å². The van der Waals surface area contributed by atoms with E-state index in [0.29, 0.717) is 17.5 Å². The van der Waals surface area contributed by atoms with Crippen LogP contribution >= 0.6 is 0 Å². The Morgan fingerprint density at radius 3 is 1.35 bits per heavy atom. The maximum atomic E-state index is 6.41. The quantitative estimate of drug-likeness (QED) is 0.184. The first-order valence-electron chi connectivity index (χ1n) is 16.4. The highest BCUT2D eigenvalue weighted by Gasteiger charge is 2.15. The fourth-order valence-corrected chi connectivity index (χ4v) is 6.40. The Labute approximate surface area is 284 Å². The van der Waals surface area contributed by atoms with E-state index < -0.39 is 0 Å². The van der Waals surface area contributed by atoms with Crippen molar-refractivity contribution in [3.8, 4) is 67.5 Å². The minimum Gasteiger partial charge on any atom is -0.456 e. The molecule has 9 rings (SSSR count). The second kappa shape index (κ2) is 12.2. The summed E-state index contributed by atoms with van der Waals surface area (Å²) in [7, 11) is 0. The molecule has 2 aromatic heterocycles. The molecule has 0 atom stereocenters. The van der Waals surface area contributed by atoms with E-state index in [9.17, 15) is 0 Å². The van der Waals surface area contributed by atoms with Gasteiger partial charge in [0.15, 0.2) is 17.5 Å². The molecule has 49 heavy (non-hydrogen) atoms. The molecule has 2 heterocycles. The topological polar surface area (TPSA) is 51.8 Å². The third-order valence-corrected chi connectivity index (χ3v) is 8.95. The zero-order valence-corrected chi connectivity index (χ0v) is 26.5. The maximum Gasteiger partial charge on any atom is 0.164 e. The van der Waals surface area contributed by atoms with Crippen LogP contribution in [0.25, 0.3) is 89.5 Å². The number of fused-ring (bicyclic) bond motifs is 3. The van der Waals surface area contributed by atoms with Crippen molar-refractivity contribution in [2.24, 2.45) is 0 Å². The number of aromatic nitrogens is 3. The number of furan rings is 1. The van der Waals surface area contributed by atoms with Gasteiger partial charge in [0, 0.05) is 27.5 Å². The molecule has 0 aliphatic heterocycles. The highest BCUT2D eigenvalue weighted by atomic mass is 16.3. The van der Waals surface area contributed by atoms with Crippen LogP contribution in [-0.4, -0.2) is 15.0 Å². The van der Waals surface area contributed by atoms with Crippen LogP contribution in [0.15, 0.2) is 180 Å². The molecule has 4 nitrogen and oxygen atoms in total. The van der Waals surface area contributed by atoms with Crippen LogP contribution in [0.2, 0.25) is 0 Å². The molecular formula is C45H29N3O. The van der Waals surface area contributed by atoms with Gasteiger partial charge in [0.05, 0.1) is 0 Å². The summed E-state index contributed by atoms with van der Waals surface area (Å²) < 4.78 is 6.41. The minimum atomic E-state index is 0.594. The van der Waals surface area contributed by atoms with E-state index in [2.05, 4.69) is 127 Å². The van der Waals surface area contributed by atoms with Crippen LogP contribution in [0.1, 0.15) is 0 Å². The summed E-state index contributed by atoms with van der Waals surface area (Å²) >= 11 is 0. The SMILES string of the molecule is c1ccc(-c2ccc(-c3nc(-c4ccccc4)nc(-c4ccc5c(c4)oc4ccc(-c6cccc(-c7ccccc7)c6)cc45)n3)cc2)cc1. The van der Waals surface area contributed by atoms with Crippen molar-refractivity contribution in [1.29, 1.82) is 0 Å². The number of nitrogens with zero attached hydrogens (tertiary/aromatic N) is 3. The Kier molecular flexibility index (Phi) is 7.10. The maximum absolute atomic E-state index is 6.41. The van der Waals surface area contributed by atoms with E-state index in [0.717, 1.165) is 55.3 Å². The summed E-state index contributed by atoms with van der Waals surface area (Å²) in [5.41, 5.74) is 11.4. The second-order valence-corrected chi connectivity index (χ2v) is 12.1. The van der Waals surface area contributed by atoms with Gasteiger partial charge in [-0.3, -0.25) is 0 Å². The zero-order chi connectivity index (χ0) is 32.6. The molecule has 0 radical (unpaired) electrons. The molecule has 0 unspecified atom stereocenters. The second-order valence-electron chi connectivity index (χ2n) is 12.1. The Bertz CT molecular complexity index is 2580. The predicted octanol–water partition coefficient (Wildman–Crippen LogP) is 11.8. The van der Waals surface area contributed by atoms with E-state index in [1.54, 1.807) is 0 Å². The Morgan fingerprint density at radius 2 is 0.694 bits per heavy atom. The van der Waals surface area contributed by atoms with Gasteiger partial charge in [-0.1, -0.05) is 146 Å². The van der Waals surface area contributed by atoms with Crippen molar-refractivity contribution < 1.29 is 4.42 Å². The van der Waals surface area contributed by atoms with Crippen LogP contribution in [-0.2, 0) is 0 Å². The lowest BCUT2D eigenvalue weighted by Gasteiger charge is -2.09. The number of hydrogen-bond donors (Lipinski definition) is 0. The molecule has 0 saturated heterocycles. The van der Waals surface area contributed by atoms with E-state index in [4.69, 9.17) is 19.4 Å². The lowest BCUT2D eigenvalue weighted by molar-refractivity contribution is 0.669. The first-order valence-corrected chi connectivity index (χ1v) is 16.4. The monoisotopic (exact) mass is 627 g/mol. The normalized spacial score (nSPS) is 11.3. The van der Waals surface area contributed by atoms with Gasteiger partial charge in [-0.2, -0.15) is 0 Å². The molecule has 0 saturated carbocycles. The van der Waals surface area contributed by atoms with Gasteiger partial charge >= 0.3 is 0 Å². The van der Waals surface area contributed by atoms with Gasteiger partial charge in [0.1, 0.15) is 11.2 Å². The Hall–Kier alpha value is -6.65. The molecule has 0 aliphatic rings. The van der Waals surface area contributed by atoms with Crippen molar-refractivity contribution in [3.05, 3.63) is 176 Å². The fourth-order valence-electron chi connectivity index (χ4n) is 6.40. The molecule has 0 fully saturated rings. The van der Waals surface area contributed by atoms with Gasteiger partial charge in [0.25, 0.3) is 0 Å². The van der Waals surface area contributed by atoms with Crippen molar-refractivity contribution in [2.75, 3.05) is 0 Å². The Morgan fingerprint density at radius 1 is 0.265 bits per heavy atom. The van der Waals surface area contributed by atoms with Crippen LogP contribution in [0.4, 0.5) is 0 Å². The summed E-state index contributed by atoms with van der Waals surface area (Å²) in [6.45, 7) is 0. The lowest BCUT2D eigenvalue weighted by atomic mass is 9.98.